The van der Waals surface area contributed by atoms with Crippen LogP contribution in [-0.2, 0) is 7.05 Å². The Balaban J connectivity index is 0.000000810. The van der Waals surface area contributed by atoms with Crippen LogP contribution in [0.1, 0.15) is 19.9 Å². The zero-order valence-corrected chi connectivity index (χ0v) is 8.48. The molecule has 0 N–H and O–H groups in total. The van der Waals surface area contributed by atoms with Gasteiger partial charge in [-0.3, -0.25) is 0 Å². The Morgan fingerprint density at radius 2 is 2.10 bits per heavy atom. The number of nitrogens with zero attached hydrogens (tertiary/aromatic N) is 4. The Kier molecular flexibility index (Phi) is 3.77. The van der Waals surface area contributed by atoms with E-state index in [2.05, 4.69) is 24.3 Å². The van der Waals surface area contributed by atoms with E-state index in [0.29, 0.717) is 6.04 Å². The molecule has 58 valence electrons. The highest BCUT2D eigenvalue weighted by Crippen LogP contribution is 1.94. The number of aryl methyl sites for hydroxylation is 1. The fraction of sp³-hybridized carbons (Fsp3) is 0.800. The van der Waals surface area contributed by atoms with Crippen molar-refractivity contribution in [3.63, 3.8) is 0 Å². The molecule has 0 atom stereocenters. The van der Waals surface area contributed by atoms with Crippen LogP contribution >= 0.6 is 0 Å². The van der Waals surface area contributed by atoms with Gasteiger partial charge in [-0.2, -0.15) is 0 Å². The molecule has 4 nitrogen and oxygen atoms in total. The molecule has 0 fully saturated rings. The van der Waals surface area contributed by atoms with Gasteiger partial charge in [-0.25, -0.2) is 0 Å². The van der Waals surface area contributed by atoms with Crippen LogP contribution in [0.4, 0.5) is 0 Å². The lowest BCUT2D eigenvalue weighted by Crippen LogP contribution is -3.00. The van der Waals surface area contributed by atoms with Gasteiger partial charge in [0.2, 0.25) is 6.33 Å². The van der Waals surface area contributed by atoms with Gasteiger partial charge in [0.15, 0.2) is 5.21 Å². The summed E-state index contributed by atoms with van der Waals surface area (Å²) in [6, 6.07) is 0.402. The van der Waals surface area contributed by atoms with Gasteiger partial charge in [0.05, 0.1) is 7.05 Å². The Hall–Kier alpha value is -0.200. The monoisotopic (exact) mass is 254 g/mol. The van der Waals surface area contributed by atoms with Crippen LogP contribution in [0.25, 0.3) is 0 Å². The maximum atomic E-state index is 3.84. The maximum absolute atomic E-state index is 3.84. The van der Waals surface area contributed by atoms with E-state index in [1.807, 2.05) is 13.4 Å². The fourth-order valence-corrected chi connectivity index (χ4v) is 0.563. The average Bonchev–Trinajstić information content (AvgIpc) is 2.14. The molecule has 0 saturated carbocycles. The highest BCUT2D eigenvalue weighted by molar-refractivity contribution is 4.47. The Bertz CT molecular complexity index is 195. The van der Waals surface area contributed by atoms with E-state index in [9.17, 15) is 0 Å². The summed E-state index contributed by atoms with van der Waals surface area (Å²) in [5, 5.41) is 7.61. The maximum Gasteiger partial charge on any atom is 0.244 e. The lowest BCUT2D eigenvalue weighted by Gasteiger charge is -1.90. The second-order valence-electron chi connectivity index (χ2n) is 2.34. The van der Waals surface area contributed by atoms with E-state index >= 15 is 0 Å². The summed E-state index contributed by atoms with van der Waals surface area (Å²) in [4.78, 5) is 0. The van der Waals surface area contributed by atoms with Crippen LogP contribution in [0, 0.1) is 0 Å². The van der Waals surface area contributed by atoms with Gasteiger partial charge in [-0.1, -0.05) is 4.68 Å². The lowest BCUT2D eigenvalue weighted by atomic mass is 10.4. The highest BCUT2D eigenvalue weighted by Gasteiger charge is 2.06. The van der Waals surface area contributed by atoms with Crippen molar-refractivity contribution >= 4 is 0 Å². The summed E-state index contributed by atoms with van der Waals surface area (Å²) >= 11 is 0. The SMILES string of the molecule is CC(C)n1c[n+](C)nn1.[I-]. The van der Waals surface area contributed by atoms with E-state index in [-0.39, 0.29) is 24.0 Å². The average molecular weight is 254 g/mol. The summed E-state index contributed by atoms with van der Waals surface area (Å²) in [6.07, 6.45) is 1.85. The number of halogens is 1. The molecule has 1 heterocycles. The van der Waals surface area contributed by atoms with E-state index in [0.717, 1.165) is 0 Å². The van der Waals surface area contributed by atoms with Gasteiger partial charge in [0.1, 0.15) is 11.3 Å². The molecule has 0 radical (unpaired) electrons. The third kappa shape index (κ3) is 2.20. The van der Waals surface area contributed by atoms with Crippen molar-refractivity contribution < 1.29 is 28.7 Å². The molecule has 0 aliphatic heterocycles. The molecule has 0 unspecified atom stereocenters. The van der Waals surface area contributed by atoms with Crippen LogP contribution in [0.2, 0.25) is 0 Å². The van der Waals surface area contributed by atoms with Crippen molar-refractivity contribution in [2.75, 3.05) is 0 Å². The molecular weight excluding hydrogens is 243 g/mol. The first-order valence-corrected chi connectivity index (χ1v) is 2.98. The third-order valence-corrected chi connectivity index (χ3v) is 1.10. The van der Waals surface area contributed by atoms with Gasteiger partial charge in [-0.05, 0) is 13.8 Å². The summed E-state index contributed by atoms with van der Waals surface area (Å²) in [5.74, 6) is 0. The molecule has 0 aromatic carbocycles. The molecule has 0 aliphatic carbocycles. The Morgan fingerprint density at radius 3 is 2.30 bits per heavy atom. The standard InChI is InChI=1S/C5H11N4.HI/c1-5(2)9-4-8(3)6-7-9;/h4-5H,1-3H3;1H/q+1;/p-1. The quantitative estimate of drug-likeness (QED) is 0.388. The molecule has 1 aromatic heterocycles. The number of aromatic nitrogens is 4. The minimum absolute atomic E-state index is 0. The van der Waals surface area contributed by atoms with Gasteiger partial charge in [-0.15, -0.1) is 4.68 Å². The predicted octanol–water partition coefficient (Wildman–Crippen LogP) is -3.31. The highest BCUT2D eigenvalue weighted by atomic mass is 127. The predicted molar refractivity (Wildman–Crippen MR) is 31.6 cm³/mol. The number of hydrogen-bond donors (Lipinski definition) is 0. The van der Waals surface area contributed by atoms with Crippen LogP contribution < -0.4 is 28.7 Å². The molecule has 0 aliphatic rings. The van der Waals surface area contributed by atoms with Crippen molar-refractivity contribution in [2.24, 2.45) is 7.05 Å². The minimum atomic E-state index is 0. The first kappa shape index (κ1) is 9.80. The molecule has 0 bridgehead atoms. The molecule has 10 heavy (non-hydrogen) atoms. The van der Waals surface area contributed by atoms with Crippen LogP contribution in [0.15, 0.2) is 6.33 Å². The fourth-order valence-electron chi connectivity index (χ4n) is 0.563. The zero-order chi connectivity index (χ0) is 6.85. The van der Waals surface area contributed by atoms with Crippen molar-refractivity contribution in [1.29, 1.82) is 0 Å². The molecule has 1 aromatic rings. The molecular formula is C5H11IN4. The zero-order valence-electron chi connectivity index (χ0n) is 6.32. The smallest absolute Gasteiger partial charge is 0.244 e. The number of tetrazole rings is 1. The van der Waals surface area contributed by atoms with E-state index in [4.69, 9.17) is 0 Å². The first-order chi connectivity index (χ1) is 4.20. The molecule has 1 rings (SSSR count). The van der Waals surface area contributed by atoms with E-state index in [1.54, 1.807) is 9.36 Å². The van der Waals surface area contributed by atoms with E-state index in [1.165, 1.54) is 0 Å². The summed E-state index contributed by atoms with van der Waals surface area (Å²) in [7, 11) is 1.85. The van der Waals surface area contributed by atoms with Crippen LogP contribution in [0.3, 0.4) is 0 Å². The normalized spacial score (nSPS) is 9.60. The van der Waals surface area contributed by atoms with Crippen molar-refractivity contribution in [3.05, 3.63) is 6.33 Å². The lowest BCUT2D eigenvalue weighted by molar-refractivity contribution is -0.731. The van der Waals surface area contributed by atoms with Gasteiger partial charge in [0.25, 0.3) is 0 Å². The van der Waals surface area contributed by atoms with E-state index < -0.39 is 0 Å². The summed E-state index contributed by atoms with van der Waals surface area (Å²) in [5.41, 5.74) is 0. The minimum Gasteiger partial charge on any atom is -1.00 e. The molecule has 0 amide bonds. The van der Waals surface area contributed by atoms with Crippen LogP contribution in [-0.4, -0.2) is 15.1 Å². The Labute approximate surface area is 77.2 Å². The topological polar surface area (TPSA) is 34.6 Å². The number of rotatable bonds is 1. The summed E-state index contributed by atoms with van der Waals surface area (Å²) < 4.78 is 3.49. The second-order valence-corrected chi connectivity index (χ2v) is 2.34. The number of hydrogen-bond acceptors (Lipinski definition) is 2. The largest absolute Gasteiger partial charge is 1.00 e. The second kappa shape index (κ2) is 3.85. The summed E-state index contributed by atoms with van der Waals surface area (Å²) in [6.45, 7) is 4.13. The molecule has 5 heteroatoms. The van der Waals surface area contributed by atoms with Crippen molar-refractivity contribution in [3.8, 4) is 0 Å². The van der Waals surface area contributed by atoms with Crippen molar-refractivity contribution in [2.45, 2.75) is 19.9 Å². The van der Waals surface area contributed by atoms with Gasteiger partial charge in [0, 0.05) is 0 Å². The molecule has 0 spiro atoms. The van der Waals surface area contributed by atoms with Gasteiger partial charge < -0.3 is 24.0 Å². The van der Waals surface area contributed by atoms with Crippen LogP contribution in [0.5, 0.6) is 0 Å². The Morgan fingerprint density at radius 1 is 1.50 bits per heavy atom. The third-order valence-electron chi connectivity index (χ3n) is 1.10. The van der Waals surface area contributed by atoms with Gasteiger partial charge >= 0.3 is 0 Å². The molecule has 0 saturated heterocycles. The first-order valence-electron chi connectivity index (χ1n) is 2.98. The van der Waals surface area contributed by atoms with Crippen molar-refractivity contribution in [1.82, 2.24) is 15.1 Å².